The van der Waals surface area contributed by atoms with Crippen molar-refractivity contribution in [3.8, 4) is 5.75 Å². The number of amides is 1. The second kappa shape index (κ2) is 7.27. The maximum atomic E-state index is 13.4. The molecule has 1 amide bonds. The molecule has 4 nitrogen and oxygen atoms in total. The summed E-state index contributed by atoms with van der Waals surface area (Å²) in [5, 5.41) is 1.11. The Morgan fingerprint density at radius 3 is 2.71 bits per heavy atom. The van der Waals surface area contributed by atoms with Crippen LogP contribution < -0.4 is 9.64 Å². The number of nitrogens with zero attached hydrogens (tertiary/aromatic N) is 2. The zero-order valence-corrected chi connectivity index (χ0v) is 17.0. The maximum absolute atomic E-state index is 13.4. The summed E-state index contributed by atoms with van der Waals surface area (Å²) in [7, 11) is 1.67. The van der Waals surface area contributed by atoms with Gasteiger partial charge < -0.3 is 9.64 Å². The number of carbonyl (C=O) groups is 1. The van der Waals surface area contributed by atoms with Crippen LogP contribution in [-0.2, 0) is 17.6 Å². The Bertz CT molecular complexity index is 1070. The Labute approximate surface area is 166 Å². The molecule has 0 N–H and O–H groups in total. The molecule has 2 heterocycles. The largest absolute Gasteiger partial charge is 0.495 e. The van der Waals surface area contributed by atoms with Crippen molar-refractivity contribution in [3.05, 3.63) is 64.3 Å². The van der Waals surface area contributed by atoms with Gasteiger partial charge in [-0.1, -0.05) is 24.3 Å². The summed E-state index contributed by atoms with van der Waals surface area (Å²) in [6, 6.07) is 12.2. The first-order chi connectivity index (χ1) is 13.5. The van der Waals surface area contributed by atoms with E-state index in [2.05, 4.69) is 26.0 Å². The first kappa shape index (κ1) is 18.5. The number of rotatable bonds is 3. The molecule has 0 radical (unpaired) electrons. The molecule has 0 bridgehead atoms. The van der Waals surface area contributed by atoms with E-state index in [0.717, 1.165) is 58.5 Å². The summed E-state index contributed by atoms with van der Waals surface area (Å²) in [6.45, 7) is 6.92. The SMILES string of the molecule is COc1ccc(C)c2c1N(C(=O)Cc1c(C)nc3ccccc3c1C)CCC2. The Balaban J connectivity index is 1.74. The standard InChI is InChI=1S/C24H26N2O2/c1-15-11-12-22(28-4)24-18(15)9-7-13-26(24)23(27)14-20-16(2)19-8-5-6-10-21(19)25-17(20)3/h5-6,8,10-12H,7,9,13-14H2,1-4H3. The Morgan fingerprint density at radius 2 is 1.93 bits per heavy atom. The number of ether oxygens (including phenoxy) is 1. The van der Waals surface area contributed by atoms with Gasteiger partial charge >= 0.3 is 0 Å². The van der Waals surface area contributed by atoms with Gasteiger partial charge in [0.2, 0.25) is 5.91 Å². The fraction of sp³-hybridized carbons (Fsp3) is 0.333. The fourth-order valence-electron chi connectivity index (χ4n) is 4.34. The van der Waals surface area contributed by atoms with Gasteiger partial charge in [-0.15, -0.1) is 0 Å². The molecule has 0 fully saturated rings. The molecular formula is C24H26N2O2. The molecular weight excluding hydrogens is 348 g/mol. The predicted molar refractivity (Wildman–Crippen MR) is 113 cm³/mol. The van der Waals surface area contributed by atoms with Crippen LogP contribution in [0, 0.1) is 20.8 Å². The van der Waals surface area contributed by atoms with Gasteiger partial charge in [-0.25, -0.2) is 0 Å². The third-order valence-electron chi connectivity index (χ3n) is 5.89. The highest BCUT2D eigenvalue weighted by Crippen LogP contribution is 2.38. The van der Waals surface area contributed by atoms with E-state index in [0.29, 0.717) is 6.42 Å². The first-order valence-corrected chi connectivity index (χ1v) is 9.83. The molecule has 0 spiro atoms. The summed E-state index contributed by atoms with van der Waals surface area (Å²) in [4.78, 5) is 20.0. The first-order valence-electron chi connectivity index (χ1n) is 9.83. The molecule has 0 aliphatic carbocycles. The molecule has 4 rings (SSSR count). The number of hydrogen-bond donors (Lipinski definition) is 0. The fourth-order valence-corrected chi connectivity index (χ4v) is 4.34. The van der Waals surface area contributed by atoms with Gasteiger partial charge in [0.1, 0.15) is 5.75 Å². The smallest absolute Gasteiger partial charge is 0.231 e. The number of methoxy groups -OCH3 is 1. The molecule has 144 valence electrons. The Morgan fingerprint density at radius 1 is 1.14 bits per heavy atom. The lowest BCUT2D eigenvalue weighted by Crippen LogP contribution is -2.37. The average molecular weight is 374 g/mol. The molecule has 0 unspecified atom stereocenters. The minimum Gasteiger partial charge on any atom is -0.495 e. The Kier molecular flexibility index (Phi) is 4.80. The monoisotopic (exact) mass is 374 g/mol. The minimum atomic E-state index is 0.105. The zero-order valence-electron chi connectivity index (χ0n) is 17.0. The Hall–Kier alpha value is -2.88. The van der Waals surface area contributed by atoms with Gasteiger partial charge in [-0.2, -0.15) is 0 Å². The van der Waals surface area contributed by atoms with Gasteiger partial charge in [0, 0.05) is 17.6 Å². The van der Waals surface area contributed by atoms with Crippen molar-refractivity contribution in [1.29, 1.82) is 0 Å². The van der Waals surface area contributed by atoms with E-state index in [9.17, 15) is 4.79 Å². The second-order valence-corrected chi connectivity index (χ2v) is 7.56. The van der Waals surface area contributed by atoms with Crippen molar-refractivity contribution in [3.63, 3.8) is 0 Å². The number of fused-ring (bicyclic) bond motifs is 2. The molecule has 1 aliphatic rings. The number of benzene rings is 2. The van der Waals surface area contributed by atoms with E-state index < -0.39 is 0 Å². The molecule has 0 saturated carbocycles. The van der Waals surface area contributed by atoms with Crippen molar-refractivity contribution in [2.24, 2.45) is 0 Å². The van der Waals surface area contributed by atoms with Crippen molar-refractivity contribution in [2.75, 3.05) is 18.6 Å². The predicted octanol–water partition coefficient (Wildman–Crippen LogP) is 4.69. The second-order valence-electron chi connectivity index (χ2n) is 7.56. The van der Waals surface area contributed by atoms with Crippen LogP contribution in [0.5, 0.6) is 5.75 Å². The molecule has 0 atom stereocenters. The molecule has 2 aromatic carbocycles. The normalized spacial score (nSPS) is 13.5. The lowest BCUT2D eigenvalue weighted by Gasteiger charge is -2.32. The van der Waals surface area contributed by atoms with Crippen LogP contribution in [0.15, 0.2) is 36.4 Å². The van der Waals surface area contributed by atoms with E-state index in [-0.39, 0.29) is 5.91 Å². The van der Waals surface area contributed by atoms with Crippen LogP contribution in [0.2, 0.25) is 0 Å². The lowest BCUT2D eigenvalue weighted by molar-refractivity contribution is -0.118. The molecule has 4 heteroatoms. The van der Waals surface area contributed by atoms with E-state index >= 15 is 0 Å². The quantitative estimate of drug-likeness (QED) is 0.668. The number of pyridine rings is 1. The topological polar surface area (TPSA) is 42.4 Å². The summed E-state index contributed by atoms with van der Waals surface area (Å²) < 4.78 is 5.60. The van der Waals surface area contributed by atoms with E-state index in [1.165, 1.54) is 11.1 Å². The van der Waals surface area contributed by atoms with Gasteiger partial charge in [0.25, 0.3) is 0 Å². The van der Waals surface area contributed by atoms with Gasteiger partial charge in [0.15, 0.2) is 0 Å². The maximum Gasteiger partial charge on any atom is 0.231 e. The van der Waals surface area contributed by atoms with Crippen molar-refractivity contribution < 1.29 is 9.53 Å². The molecule has 28 heavy (non-hydrogen) atoms. The van der Waals surface area contributed by atoms with Crippen LogP contribution in [0.4, 0.5) is 5.69 Å². The van der Waals surface area contributed by atoms with E-state index in [1.54, 1.807) is 7.11 Å². The average Bonchev–Trinajstić information content (AvgIpc) is 2.71. The van der Waals surface area contributed by atoms with Gasteiger partial charge in [-0.3, -0.25) is 9.78 Å². The molecule has 1 aliphatic heterocycles. The summed E-state index contributed by atoms with van der Waals surface area (Å²) in [5.41, 5.74) is 7.47. The summed E-state index contributed by atoms with van der Waals surface area (Å²) in [6.07, 6.45) is 2.31. The van der Waals surface area contributed by atoms with Crippen LogP contribution in [0.1, 0.15) is 34.4 Å². The van der Waals surface area contributed by atoms with Crippen LogP contribution >= 0.6 is 0 Å². The van der Waals surface area contributed by atoms with Gasteiger partial charge in [-0.05, 0) is 68.0 Å². The minimum absolute atomic E-state index is 0.105. The number of aryl methyl sites for hydroxylation is 3. The van der Waals surface area contributed by atoms with Crippen LogP contribution in [0.3, 0.4) is 0 Å². The van der Waals surface area contributed by atoms with E-state index in [1.807, 2.05) is 36.1 Å². The highest BCUT2D eigenvalue weighted by Gasteiger charge is 2.28. The van der Waals surface area contributed by atoms with Crippen molar-refractivity contribution in [2.45, 2.75) is 40.0 Å². The third-order valence-corrected chi connectivity index (χ3v) is 5.89. The number of carbonyl (C=O) groups excluding carboxylic acids is 1. The third kappa shape index (κ3) is 3.03. The number of para-hydroxylation sites is 1. The summed E-state index contributed by atoms with van der Waals surface area (Å²) >= 11 is 0. The summed E-state index contributed by atoms with van der Waals surface area (Å²) in [5.74, 6) is 0.881. The molecule has 1 aromatic heterocycles. The highest BCUT2D eigenvalue weighted by atomic mass is 16.5. The number of anilines is 1. The van der Waals surface area contributed by atoms with E-state index in [4.69, 9.17) is 9.72 Å². The van der Waals surface area contributed by atoms with Crippen molar-refractivity contribution in [1.82, 2.24) is 4.98 Å². The highest BCUT2D eigenvalue weighted by molar-refractivity contribution is 5.98. The van der Waals surface area contributed by atoms with Crippen LogP contribution in [0.25, 0.3) is 10.9 Å². The number of hydrogen-bond acceptors (Lipinski definition) is 3. The van der Waals surface area contributed by atoms with Gasteiger partial charge in [0.05, 0.1) is 24.7 Å². The van der Waals surface area contributed by atoms with Crippen LogP contribution in [-0.4, -0.2) is 24.5 Å². The number of aromatic nitrogens is 1. The lowest BCUT2D eigenvalue weighted by atomic mass is 9.94. The molecule has 0 saturated heterocycles. The van der Waals surface area contributed by atoms with Crippen molar-refractivity contribution >= 4 is 22.5 Å². The zero-order chi connectivity index (χ0) is 19.8. The molecule has 3 aromatic rings.